The van der Waals surface area contributed by atoms with Crippen molar-refractivity contribution < 1.29 is 13.6 Å². The zero-order chi connectivity index (χ0) is 15.3. The number of hydrogen-bond donors (Lipinski definition) is 0. The standard InChI is InChI=1S/C15H17O3PS2/c1-19(16,17-12-4-8-14(20-2)9-5-12)18-13-6-10-15(21-3)11-7-13/h4-11H,1-3H3. The van der Waals surface area contributed by atoms with Gasteiger partial charge in [-0.15, -0.1) is 23.5 Å². The molecule has 0 radical (unpaired) electrons. The van der Waals surface area contributed by atoms with Gasteiger partial charge in [-0.1, -0.05) is 0 Å². The van der Waals surface area contributed by atoms with Crippen LogP contribution in [0.5, 0.6) is 11.5 Å². The van der Waals surface area contributed by atoms with Gasteiger partial charge in [0.1, 0.15) is 11.5 Å². The molecule has 0 amide bonds. The minimum atomic E-state index is -3.20. The molecule has 0 bridgehead atoms. The SMILES string of the molecule is CSc1ccc(OP(C)(=O)Oc2ccc(SC)cc2)cc1. The molecule has 0 heterocycles. The maximum atomic E-state index is 12.4. The van der Waals surface area contributed by atoms with Crippen LogP contribution in [0.3, 0.4) is 0 Å². The van der Waals surface area contributed by atoms with Crippen molar-refractivity contribution in [3.63, 3.8) is 0 Å². The second-order valence-corrected chi connectivity index (χ2v) is 7.97. The lowest BCUT2D eigenvalue weighted by atomic mass is 10.3. The van der Waals surface area contributed by atoms with E-state index in [2.05, 4.69) is 0 Å². The van der Waals surface area contributed by atoms with Crippen LogP contribution >= 0.6 is 31.1 Å². The fourth-order valence-corrected chi connectivity index (χ4v) is 3.54. The molecular formula is C15H17O3PS2. The summed E-state index contributed by atoms with van der Waals surface area (Å²) in [6.07, 6.45) is 4.00. The number of thioether (sulfide) groups is 2. The van der Waals surface area contributed by atoms with E-state index < -0.39 is 7.60 Å². The average Bonchev–Trinajstić information content (AvgIpc) is 2.48. The molecule has 0 saturated carbocycles. The Hall–Kier alpha value is -1.03. The summed E-state index contributed by atoms with van der Waals surface area (Å²) in [5.41, 5.74) is 0. The lowest BCUT2D eigenvalue weighted by Gasteiger charge is -2.16. The maximum absolute atomic E-state index is 12.4. The average molecular weight is 340 g/mol. The van der Waals surface area contributed by atoms with Crippen LogP contribution in [-0.2, 0) is 4.57 Å². The topological polar surface area (TPSA) is 35.5 Å². The third-order valence-corrected chi connectivity index (χ3v) is 5.23. The van der Waals surface area contributed by atoms with Gasteiger partial charge in [-0.3, -0.25) is 0 Å². The van der Waals surface area contributed by atoms with Crippen LogP contribution in [0.1, 0.15) is 0 Å². The predicted molar refractivity (Wildman–Crippen MR) is 91.2 cm³/mol. The lowest BCUT2D eigenvalue weighted by molar-refractivity contribution is 0.393. The van der Waals surface area contributed by atoms with E-state index in [1.54, 1.807) is 47.8 Å². The Labute approximate surface area is 134 Å². The molecule has 0 aliphatic carbocycles. The zero-order valence-electron chi connectivity index (χ0n) is 12.1. The van der Waals surface area contributed by atoms with E-state index >= 15 is 0 Å². The van der Waals surface area contributed by atoms with Crippen molar-refractivity contribution in [2.75, 3.05) is 19.2 Å². The highest BCUT2D eigenvalue weighted by atomic mass is 32.2. The van der Waals surface area contributed by atoms with Crippen molar-refractivity contribution in [1.82, 2.24) is 0 Å². The van der Waals surface area contributed by atoms with Crippen molar-refractivity contribution in [2.45, 2.75) is 9.79 Å². The highest BCUT2D eigenvalue weighted by Gasteiger charge is 2.20. The van der Waals surface area contributed by atoms with E-state index in [1.807, 2.05) is 36.8 Å². The van der Waals surface area contributed by atoms with Gasteiger partial charge in [0.2, 0.25) is 0 Å². The van der Waals surface area contributed by atoms with Gasteiger partial charge in [-0.2, -0.15) is 0 Å². The minimum Gasteiger partial charge on any atom is -0.416 e. The minimum absolute atomic E-state index is 0.541. The molecule has 0 atom stereocenters. The highest BCUT2D eigenvalue weighted by molar-refractivity contribution is 7.98. The molecular weight excluding hydrogens is 323 g/mol. The molecule has 0 aliphatic rings. The summed E-state index contributed by atoms with van der Waals surface area (Å²) in [7, 11) is -3.20. The van der Waals surface area contributed by atoms with Crippen LogP contribution in [0, 0.1) is 0 Å². The van der Waals surface area contributed by atoms with Gasteiger partial charge >= 0.3 is 7.60 Å². The van der Waals surface area contributed by atoms with Gasteiger partial charge in [-0.25, -0.2) is 4.57 Å². The fourth-order valence-electron chi connectivity index (χ4n) is 1.67. The first kappa shape index (κ1) is 16.3. The smallest absolute Gasteiger partial charge is 0.416 e. The monoisotopic (exact) mass is 340 g/mol. The third-order valence-electron chi connectivity index (χ3n) is 2.66. The molecule has 2 aromatic carbocycles. The van der Waals surface area contributed by atoms with Crippen LogP contribution in [0.2, 0.25) is 0 Å². The van der Waals surface area contributed by atoms with Gasteiger partial charge in [0.25, 0.3) is 0 Å². The first-order valence-electron chi connectivity index (χ1n) is 6.27. The van der Waals surface area contributed by atoms with Crippen molar-refractivity contribution in [1.29, 1.82) is 0 Å². The van der Waals surface area contributed by atoms with Crippen molar-refractivity contribution in [3.8, 4) is 11.5 Å². The van der Waals surface area contributed by atoms with E-state index in [0.717, 1.165) is 9.79 Å². The quantitative estimate of drug-likeness (QED) is 0.519. The Bertz CT molecular complexity index is 573. The molecule has 0 saturated heterocycles. The molecule has 112 valence electrons. The van der Waals surface area contributed by atoms with Gasteiger partial charge < -0.3 is 9.05 Å². The second kappa shape index (κ2) is 7.30. The fraction of sp³-hybridized carbons (Fsp3) is 0.200. The van der Waals surface area contributed by atoms with E-state index in [4.69, 9.17) is 9.05 Å². The number of benzene rings is 2. The van der Waals surface area contributed by atoms with Crippen LogP contribution < -0.4 is 9.05 Å². The van der Waals surface area contributed by atoms with Crippen LogP contribution in [-0.4, -0.2) is 19.2 Å². The van der Waals surface area contributed by atoms with Crippen LogP contribution in [0.15, 0.2) is 58.3 Å². The Morgan fingerprint density at radius 1 is 0.762 bits per heavy atom. The predicted octanol–water partition coefficient (Wildman–Crippen LogP) is 5.41. The molecule has 0 unspecified atom stereocenters. The Balaban J connectivity index is 2.04. The van der Waals surface area contributed by atoms with Crippen molar-refractivity contribution in [3.05, 3.63) is 48.5 Å². The third kappa shape index (κ3) is 5.03. The van der Waals surface area contributed by atoms with Gasteiger partial charge in [-0.05, 0) is 61.0 Å². The molecule has 0 N–H and O–H groups in total. The molecule has 3 nitrogen and oxygen atoms in total. The molecule has 0 fully saturated rings. The molecule has 6 heteroatoms. The summed E-state index contributed by atoms with van der Waals surface area (Å²) in [5, 5.41) is 0. The van der Waals surface area contributed by atoms with Crippen molar-refractivity contribution in [2.24, 2.45) is 0 Å². The van der Waals surface area contributed by atoms with Gasteiger partial charge in [0, 0.05) is 9.79 Å². The number of rotatable bonds is 6. The van der Waals surface area contributed by atoms with Gasteiger partial charge in [0.05, 0.1) is 6.66 Å². The molecule has 2 aromatic rings. The summed E-state index contributed by atoms with van der Waals surface area (Å²) in [6.45, 7) is 1.47. The molecule has 0 spiro atoms. The Kier molecular flexibility index (Phi) is 5.68. The maximum Gasteiger partial charge on any atom is 0.427 e. The van der Waals surface area contributed by atoms with Gasteiger partial charge in [0.15, 0.2) is 0 Å². The first-order valence-corrected chi connectivity index (χ1v) is 10.7. The van der Waals surface area contributed by atoms with Crippen LogP contribution in [0.25, 0.3) is 0 Å². The summed E-state index contributed by atoms with van der Waals surface area (Å²) < 4.78 is 23.4. The highest BCUT2D eigenvalue weighted by Crippen LogP contribution is 2.45. The largest absolute Gasteiger partial charge is 0.427 e. The van der Waals surface area contributed by atoms with E-state index in [1.165, 1.54) is 6.66 Å². The molecule has 0 aliphatic heterocycles. The number of hydrogen-bond acceptors (Lipinski definition) is 5. The zero-order valence-corrected chi connectivity index (χ0v) is 14.6. The van der Waals surface area contributed by atoms with E-state index in [0.29, 0.717) is 11.5 Å². The lowest BCUT2D eigenvalue weighted by Crippen LogP contribution is -1.99. The molecule has 0 aromatic heterocycles. The van der Waals surface area contributed by atoms with E-state index in [9.17, 15) is 4.57 Å². The Morgan fingerprint density at radius 2 is 1.10 bits per heavy atom. The normalized spacial score (nSPS) is 11.2. The summed E-state index contributed by atoms with van der Waals surface area (Å²) >= 11 is 3.29. The second-order valence-electron chi connectivity index (χ2n) is 4.30. The first-order chi connectivity index (χ1) is 10.0. The summed E-state index contributed by atoms with van der Waals surface area (Å²) in [5.74, 6) is 1.08. The molecule has 21 heavy (non-hydrogen) atoms. The summed E-state index contributed by atoms with van der Waals surface area (Å²) in [4.78, 5) is 2.25. The van der Waals surface area contributed by atoms with Crippen LogP contribution in [0.4, 0.5) is 0 Å². The molecule has 2 rings (SSSR count). The van der Waals surface area contributed by atoms with E-state index in [-0.39, 0.29) is 0 Å². The Morgan fingerprint density at radius 3 is 1.38 bits per heavy atom. The van der Waals surface area contributed by atoms with Crippen molar-refractivity contribution >= 4 is 31.1 Å². The summed E-state index contributed by atoms with van der Waals surface area (Å²) in [6, 6.07) is 14.9.